The van der Waals surface area contributed by atoms with Crippen LogP contribution in [0.15, 0.2) is 42.6 Å². The van der Waals surface area contributed by atoms with Crippen molar-refractivity contribution in [3.8, 4) is 0 Å². The second-order valence-electron chi connectivity index (χ2n) is 7.87. The highest BCUT2D eigenvalue weighted by molar-refractivity contribution is 5.86. The van der Waals surface area contributed by atoms with Crippen LogP contribution in [0.2, 0.25) is 0 Å². The van der Waals surface area contributed by atoms with E-state index in [9.17, 15) is 9.90 Å². The van der Waals surface area contributed by atoms with Gasteiger partial charge in [0.05, 0.1) is 0 Å². The molecule has 1 aliphatic heterocycles. The number of rotatable bonds is 8. The number of carbonyl (C=O) groups excluding carboxylic acids is 1. The van der Waals surface area contributed by atoms with Gasteiger partial charge in [0.2, 0.25) is 0 Å². The lowest BCUT2D eigenvalue weighted by Gasteiger charge is -2.38. The Hall–Kier alpha value is -2.24. The molecule has 2 heterocycles. The van der Waals surface area contributed by atoms with E-state index in [-0.39, 0.29) is 12.5 Å². The number of hydrogen-bond donors (Lipinski definition) is 2. The van der Waals surface area contributed by atoms with Crippen molar-refractivity contribution in [2.75, 3.05) is 19.6 Å². The molecular formula is C23H31N3O2. The third kappa shape index (κ3) is 5.18. The van der Waals surface area contributed by atoms with Crippen LogP contribution < -0.4 is 5.32 Å². The number of likely N-dealkylation sites (tertiary alicyclic amines) is 1. The number of nitrogens with zero attached hydrogens (tertiary/aromatic N) is 2. The van der Waals surface area contributed by atoms with Crippen molar-refractivity contribution >= 4 is 5.91 Å². The van der Waals surface area contributed by atoms with Crippen molar-refractivity contribution in [2.24, 2.45) is 0 Å². The van der Waals surface area contributed by atoms with E-state index < -0.39 is 5.60 Å². The molecule has 3 rings (SSSR count). The zero-order chi connectivity index (χ0) is 20.0. The highest BCUT2D eigenvalue weighted by Gasteiger charge is 2.41. The van der Waals surface area contributed by atoms with Crippen LogP contribution in [-0.4, -0.2) is 46.1 Å². The second-order valence-corrected chi connectivity index (χ2v) is 7.87. The fourth-order valence-electron chi connectivity index (χ4n) is 3.77. The summed E-state index contributed by atoms with van der Waals surface area (Å²) in [7, 11) is 0. The standard InChI is InChI=1S/C23H31N3O2/c1-18-14-21(16-25-19(18)2)15-24-17-23(28)11-7-13-26(22(23)27)12-6-10-20-8-4-3-5-9-20/h3-5,8-9,14,16,24,28H,6-7,10-13,15,17H2,1-2H3/t23-/m1/s1. The number of amides is 1. The van der Waals surface area contributed by atoms with Gasteiger partial charge in [-0.3, -0.25) is 9.78 Å². The van der Waals surface area contributed by atoms with Gasteiger partial charge in [-0.15, -0.1) is 0 Å². The molecule has 1 fully saturated rings. The maximum atomic E-state index is 12.9. The second kappa shape index (κ2) is 9.30. The Balaban J connectivity index is 1.49. The molecule has 0 spiro atoms. The molecule has 2 N–H and O–H groups in total. The Kier molecular flexibility index (Phi) is 6.81. The monoisotopic (exact) mass is 381 g/mol. The van der Waals surface area contributed by atoms with Gasteiger partial charge >= 0.3 is 0 Å². The van der Waals surface area contributed by atoms with Crippen molar-refractivity contribution in [3.63, 3.8) is 0 Å². The molecule has 0 aliphatic carbocycles. The quantitative estimate of drug-likeness (QED) is 0.738. The highest BCUT2D eigenvalue weighted by atomic mass is 16.3. The molecule has 1 aromatic heterocycles. The highest BCUT2D eigenvalue weighted by Crippen LogP contribution is 2.23. The molecule has 1 aliphatic rings. The van der Waals surface area contributed by atoms with Crippen LogP contribution in [0.3, 0.4) is 0 Å². The SMILES string of the molecule is Cc1cc(CNC[C@]2(O)CCCN(CCCc3ccccc3)C2=O)cnc1C. The summed E-state index contributed by atoms with van der Waals surface area (Å²) in [4.78, 5) is 19.0. The number of piperidine rings is 1. The Labute approximate surface area is 167 Å². The summed E-state index contributed by atoms with van der Waals surface area (Å²) in [6, 6.07) is 12.4. The van der Waals surface area contributed by atoms with Gasteiger partial charge in [-0.05, 0) is 56.2 Å². The lowest BCUT2D eigenvalue weighted by Crippen LogP contribution is -2.58. The topological polar surface area (TPSA) is 65.5 Å². The average molecular weight is 382 g/mol. The van der Waals surface area contributed by atoms with Crippen LogP contribution in [0.25, 0.3) is 0 Å². The van der Waals surface area contributed by atoms with E-state index >= 15 is 0 Å². The summed E-state index contributed by atoms with van der Waals surface area (Å²) in [5, 5.41) is 14.2. The van der Waals surface area contributed by atoms with Crippen molar-refractivity contribution in [3.05, 3.63) is 65.0 Å². The lowest BCUT2D eigenvalue weighted by atomic mass is 9.91. The predicted octanol–water partition coefficient (Wildman–Crippen LogP) is 2.77. The molecule has 0 saturated carbocycles. The van der Waals surface area contributed by atoms with Crippen molar-refractivity contribution in [2.45, 2.75) is 51.7 Å². The summed E-state index contributed by atoms with van der Waals surface area (Å²) in [6.45, 7) is 6.32. The summed E-state index contributed by atoms with van der Waals surface area (Å²) in [6.07, 6.45) is 5.05. The Bertz CT molecular complexity index is 794. The molecule has 5 heteroatoms. The van der Waals surface area contributed by atoms with Gasteiger partial charge in [-0.2, -0.15) is 0 Å². The van der Waals surface area contributed by atoms with Gasteiger partial charge in [-0.1, -0.05) is 36.4 Å². The van der Waals surface area contributed by atoms with Gasteiger partial charge < -0.3 is 15.3 Å². The van der Waals surface area contributed by atoms with E-state index in [1.807, 2.05) is 43.1 Å². The molecule has 1 aromatic carbocycles. The zero-order valence-corrected chi connectivity index (χ0v) is 16.9. The van der Waals surface area contributed by atoms with E-state index in [4.69, 9.17) is 0 Å². The summed E-state index contributed by atoms with van der Waals surface area (Å²) in [5.74, 6) is -0.141. The van der Waals surface area contributed by atoms with E-state index in [1.54, 1.807) is 0 Å². The summed E-state index contributed by atoms with van der Waals surface area (Å²) in [5.41, 5.74) is 3.21. The first-order valence-corrected chi connectivity index (χ1v) is 10.2. The van der Waals surface area contributed by atoms with Crippen LogP contribution in [0.5, 0.6) is 0 Å². The number of nitrogens with one attached hydrogen (secondary N) is 1. The number of aromatic nitrogens is 1. The fourth-order valence-corrected chi connectivity index (χ4v) is 3.77. The normalized spacial score (nSPS) is 19.8. The fraction of sp³-hybridized carbons (Fsp3) is 0.478. The van der Waals surface area contributed by atoms with Gasteiger partial charge in [0.15, 0.2) is 5.60 Å². The third-order valence-electron chi connectivity index (χ3n) is 5.58. The number of pyridine rings is 1. The van der Waals surface area contributed by atoms with Crippen LogP contribution >= 0.6 is 0 Å². The molecule has 1 amide bonds. The number of carbonyl (C=O) groups is 1. The average Bonchev–Trinajstić information content (AvgIpc) is 2.69. The first kappa shape index (κ1) is 20.5. The molecule has 5 nitrogen and oxygen atoms in total. The van der Waals surface area contributed by atoms with E-state index in [2.05, 4.69) is 28.5 Å². The largest absolute Gasteiger partial charge is 0.379 e. The molecule has 1 atom stereocenters. The Morgan fingerprint density at radius 3 is 2.75 bits per heavy atom. The summed E-state index contributed by atoms with van der Waals surface area (Å²) >= 11 is 0. The minimum atomic E-state index is -1.31. The molecule has 1 saturated heterocycles. The van der Waals surface area contributed by atoms with E-state index in [1.165, 1.54) is 5.56 Å². The molecule has 2 aromatic rings. The van der Waals surface area contributed by atoms with Crippen molar-refractivity contribution < 1.29 is 9.90 Å². The molecule has 150 valence electrons. The van der Waals surface area contributed by atoms with E-state index in [0.29, 0.717) is 19.5 Å². The first-order chi connectivity index (χ1) is 13.5. The van der Waals surface area contributed by atoms with Gasteiger partial charge in [0, 0.05) is 38.1 Å². The smallest absolute Gasteiger partial charge is 0.255 e. The zero-order valence-electron chi connectivity index (χ0n) is 16.9. The molecular weight excluding hydrogens is 350 g/mol. The minimum Gasteiger partial charge on any atom is -0.379 e. The van der Waals surface area contributed by atoms with Crippen molar-refractivity contribution in [1.29, 1.82) is 0 Å². The molecule has 0 bridgehead atoms. The van der Waals surface area contributed by atoms with Crippen LogP contribution in [0.1, 0.15) is 41.6 Å². The third-order valence-corrected chi connectivity index (χ3v) is 5.58. The molecule has 28 heavy (non-hydrogen) atoms. The Morgan fingerprint density at radius 1 is 1.21 bits per heavy atom. The molecule has 0 unspecified atom stereocenters. The van der Waals surface area contributed by atoms with Crippen LogP contribution in [0, 0.1) is 13.8 Å². The van der Waals surface area contributed by atoms with Crippen molar-refractivity contribution in [1.82, 2.24) is 15.2 Å². The summed E-state index contributed by atoms with van der Waals surface area (Å²) < 4.78 is 0. The molecule has 0 radical (unpaired) electrons. The van der Waals surface area contributed by atoms with E-state index in [0.717, 1.165) is 42.6 Å². The minimum absolute atomic E-state index is 0.141. The first-order valence-electron chi connectivity index (χ1n) is 10.2. The van der Waals surface area contributed by atoms with Crippen LogP contribution in [-0.2, 0) is 17.8 Å². The predicted molar refractivity (Wildman–Crippen MR) is 111 cm³/mol. The number of hydrogen-bond acceptors (Lipinski definition) is 4. The van der Waals surface area contributed by atoms with Gasteiger partial charge in [0.1, 0.15) is 0 Å². The number of aliphatic hydroxyl groups is 1. The Morgan fingerprint density at radius 2 is 2.00 bits per heavy atom. The van der Waals surface area contributed by atoms with Crippen LogP contribution in [0.4, 0.5) is 0 Å². The van der Waals surface area contributed by atoms with Gasteiger partial charge in [0.25, 0.3) is 5.91 Å². The number of benzene rings is 1. The maximum Gasteiger partial charge on any atom is 0.255 e. The maximum absolute atomic E-state index is 12.9. The number of aryl methyl sites for hydroxylation is 3. The lowest BCUT2D eigenvalue weighted by molar-refractivity contribution is -0.156. The van der Waals surface area contributed by atoms with Gasteiger partial charge in [-0.25, -0.2) is 0 Å².